The Morgan fingerprint density at radius 3 is 2.27 bits per heavy atom. The van der Waals surface area contributed by atoms with Crippen molar-refractivity contribution in [3.05, 3.63) is 70.5 Å². The fraction of sp³-hybridized carbons (Fsp3) is 0.167. The summed E-state index contributed by atoms with van der Waals surface area (Å²) in [7, 11) is 0. The zero-order chi connectivity index (χ0) is 15.3. The van der Waals surface area contributed by atoms with E-state index < -0.39 is 12.1 Å². The van der Waals surface area contributed by atoms with Crippen molar-refractivity contribution in [1.29, 1.82) is 0 Å². The first kappa shape index (κ1) is 13.0. The van der Waals surface area contributed by atoms with Crippen LogP contribution >= 0.6 is 0 Å². The number of carbonyl (C=O) groups excluding carboxylic acids is 1. The molecule has 1 atom stereocenters. The van der Waals surface area contributed by atoms with Crippen LogP contribution in [0.15, 0.2) is 42.5 Å². The van der Waals surface area contributed by atoms with Gasteiger partial charge in [-0.2, -0.15) is 0 Å². The average Bonchev–Trinajstić information content (AvgIpc) is 2.84. The summed E-state index contributed by atoms with van der Waals surface area (Å²) >= 11 is 0. The van der Waals surface area contributed by atoms with Crippen molar-refractivity contribution in [2.24, 2.45) is 0 Å². The van der Waals surface area contributed by atoms with E-state index in [-0.39, 0.29) is 0 Å². The highest BCUT2D eigenvalue weighted by atomic mass is 16.5. The Labute approximate surface area is 127 Å². The van der Waals surface area contributed by atoms with Gasteiger partial charge in [0, 0.05) is 0 Å². The zero-order valence-electron chi connectivity index (χ0n) is 12.3. The number of carbonyl (C=O) groups is 1. The minimum atomic E-state index is -0.470. The largest absolute Gasteiger partial charge is 0.446 e. The smallest absolute Gasteiger partial charge is 0.360 e. The highest BCUT2D eigenvalue weighted by molar-refractivity contribution is 5.94. The number of rotatable bonds is 1. The van der Waals surface area contributed by atoms with Crippen molar-refractivity contribution in [1.82, 2.24) is 9.97 Å². The van der Waals surface area contributed by atoms with Crippen LogP contribution in [0, 0.1) is 13.8 Å². The second kappa shape index (κ2) is 4.63. The standard InChI is InChI=1S/C18H14N2O2/c1-10-8-13-14(9-11(10)2)20-16-15(19-13)17(22-18(16)21)12-6-4-3-5-7-12/h3-9,17H,1-2H3. The molecule has 108 valence electrons. The van der Waals surface area contributed by atoms with Crippen molar-refractivity contribution in [3.8, 4) is 0 Å². The Morgan fingerprint density at radius 1 is 0.955 bits per heavy atom. The first-order valence-electron chi connectivity index (χ1n) is 7.18. The Balaban J connectivity index is 1.94. The van der Waals surface area contributed by atoms with Gasteiger partial charge in [-0.3, -0.25) is 0 Å². The van der Waals surface area contributed by atoms with Crippen LogP contribution < -0.4 is 0 Å². The van der Waals surface area contributed by atoms with Crippen molar-refractivity contribution in [3.63, 3.8) is 0 Å². The van der Waals surface area contributed by atoms with Gasteiger partial charge in [-0.05, 0) is 42.7 Å². The predicted molar refractivity (Wildman–Crippen MR) is 82.7 cm³/mol. The molecule has 0 bridgehead atoms. The van der Waals surface area contributed by atoms with Crippen LogP contribution in [-0.2, 0) is 4.74 Å². The van der Waals surface area contributed by atoms with Crippen LogP contribution in [0.3, 0.4) is 0 Å². The number of esters is 1. The van der Waals surface area contributed by atoms with Crippen molar-refractivity contribution in [2.75, 3.05) is 0 Å². The number of benzene rings is 2. The van der Waals surface area contributed by atoms with Crippen molar-refractivity contribution >= 4 is 17.0 Å². The summed E-state index contributed by atoms with van der Waals surface area (Å²) in [4.78, 5) is 21.3. The number of fused-ring (bicyclic) bond motifs is 2. The molecule has 4 heteroatoms. The van der Waals surface area contributed by atoms with Gasteiger partial charge in [-0.1, -0.05) is 30.3 Å². The molecule has 0 saturated heterocycles. The van der Waals surface area contributed by atoms with Crippen LogP contribution in [0.4, 0.5) is 0 Å². The molecule has 1 unspecified atom stereocenters. The number of nitrogens with zero attached hydrogens (tertiary/aromatic N) is 2. The molecular weight excluding hydrogens is 276 g/mol. The molecule has 1 aromatic heterocycles. The lowest BCUT2D eigenvalue weighted by molar-refractivity contribution is 0.0449. The van der Waals surface area contributed by atoms with Crippen LogP contribution in [-0.4, -0.2) is 15.9 Å². The molecule has 0 amide bonds. The number of hydrogen-bond donors (Lipinski definition) is 0. The lowest BCUT2D eigenvalue weighted by Crippen LogP contribution is -2.02. The topological polar surface area (TPSA) is 52.1 Å². The zero-order valence-corrected chi connectivity index (χ0v) is 12.3. The molecule has 0 N–H and O–H groups in total. The molecule has 0 fully saturated rings. The summed E-state index contributed by atoms with van der Waals surface area (Å²) in [6.45, 7) is 4.06. The highest BCUT2D eigenvalue weighted by Crippen LogP contribution is 2.34. The molecule has 0 saturated carbocycles. The SMILES string of the molecule is Cc1cc2nc3c(nc2cc1C)C(c1ccccc1)OC3=O. The van der Waals surface area contributed by atoms with E-state index in [4.69, 9.17) is 4.74 Å². The summed E-state index contributed by atoms with van der Waals surface area (Å²) in [5.74, 6) is -0.406. The molecule has 2 aromatic carbocycles. The van der Waals surface area contributed by atoms with Crippen LogP contribution in [0.5, 0.6) is 0 Å². The van der Waals surface area contributed by atoms with Gasteiger partial charge in [0.25, 0.3) is 0 Å². The Bertz CT molecular complexity index is 904. The van der Waals surface area contributed by atoms with E-state index in [1.54, 1.807) is 0 Å². The molecule has 3 aromatic rings. The average molecular weight is 290 g/mol. The van der Waals surface area contributed by atoms with Gasteiger partial charge in [0.2, 0.25) is 0 Å². The minimum absolute atomic E-state index is 0.324. The summed E-state index contributed by atoms with van der Waals surface area (Å²) in [5, 5.41) is 0. The van der Waals surface area contributed by atoms with E-state index in [0.717, 1.165) is 27.7 Å². The van der Waals surface area contributed by atoms with Gasteiger partial charge in [-0.25, -0.2) is 14.8 Å². The van der Waals surface area contributed by atoms with E-state index in [2.05, 4.69) is 9.97 Å². The van der Waals surface area contributed by atoms with E-state index >= 15 is 0 Å². The first-order chi connectivity index (χ1) is 10.6. The molecule has 0 spiro atoms. The second-order valence-corrected chi connectivity index (χ2v) is 5.58. The van der Waals surface area contributed by atoms with Crippen molar-refractivity contribution < 1.29 is 9.53 Å². The maximum atomic E-state index is 12.1. The number of ether oxygens (including phenoxy) is 1. The lowest BCUT2D eigenvalue weighted by atomic mass is 10.1. The molecule has 4 nitrogen and oxygen atoms in total. The van der Waals surface area contributed by atoms with E-state index in [9.17, 15) is 4.79 Å². The Morgan fingerprint density at radius 2 is 1.59 bits per heavy atom. The quantitative estimate of drug-likeness (QED) is 0.644. The summed E-state index contributed by atoms with van der Waals surface area (Å²) in [6, 6.07) is 13.6. The second-order valence-electron chi connectivity index (χ2n) is 5.58. The van der Waals surface area contributed by atoms with Crippen LogP contribution in [0.1, 0.15) is 39.0 Å². The number of hydrogen-bond acceptors (Lipinski definition) is 4. The predicted octanol–water partition coefficient (Wildman–Crippen LogP) is 3.51. The third-order valence-corrected chi connectivity index (χ3v) is 4.08. The molecule has 2 heterocycles. The van der Waals surface area contributed by atoms with Gasteiger partial charge >= 0.3 is 5.97 Å². The van der Waals surface area contributed by atoms with Gasteiger partial charge in [0.05, 0.1) is 11.0 Å². The number of aromatic nitrogens is 2. The fourth-order valence-corrected chi connectivity index (χ4v) is 2.73. The number of aryl methyl sites for hydroxylation is 2. The summed E-state index contributed by atoms with van der Waals surface area (Å²) < 4.78 is 5.49. The lowest BCUT2D eigenvalue weighted by Gasteiger charge is -2.10. The van der Waals surface area contributed by atoms with Crippen LogP contribution in [0.25, 0.3) is 11.0 Å². The van der Waals surface area contributed by atoms with Gasteiger partial charge in [-0.15, -0.1) is 0 Å². The van der Waals surface area contributed by atoms with Crippen LogP contribution in [0.2, 0.25) is 0 Å². The molecule has 0 radical (unpaired) electrons. The van der Waals surface area contributed by atoms with Crippen molar-refractivity contribution in [2.45, 2.75) is 20.0 Å². The number of cyclic esters (lactones) is 1. The van der Waals surface area contributed by atoms with Gasteiger partial charge in [0.15, 0.2) is 11.8 Å². The first-order valence-corrected chi connectivity index (χ1v) is 7.18. The maximum absolute atomic E-state index is 12.1. The minimum Gasteiger partial charge on any atom is -0.446 e. The van der Waals surface area contributed by atoms with Gasteiger partial charge in [0.1, 0.15) is 5.69 Å². The fourth-order valence-electron chi connectivity index (χ4n) is 2.73. The third kappa shape index (κ3) is 1.88. The molecular formula is C18H14N2O2. The normalized spacial score (nSPS) is 16.6. The third-order valence-electron chi connectivity index (χ3n) is 4.08. The van der Waals surface area contributed by atoms with E-state index in [1.807, 2.05) is 56.3 Å². The molecule has 1 aliphatic rings. The van der Waals surface area contributed by atoms with Gasteiger partial charge < -0.3 is 4.74 Å². The summed E-state index contributed by atoms with van der Waals surface area (Å²) in [5.41, 5.74) is 5.65. The Kier molecular flexibility index (Phi) is 2.73. The molecule has 1 aliphatic heterocycles. The molecule has 4 rings (SSSR count). The van der Waals surface area contributed by atoms with E-state index in [1.165, 1.54) is 0 Å². The molecule has 0 aliphatic carbocycles. The molecule has 22 heavy (non-hydrogen) atoms. The van der Waals surface area contributed by atoms with E-state index in [0.29, 0.717) is 11.4 Å². The maximum Gasteiger partial charge on any atom is 0.360 e. The Hall–Kier alpha value is -2.75. The monoisotopic (exact) mass is 290 g/mol. The highest BCUT2D eigenvalue weighted by Gasteiger charge is 2.35. The summed E-state index contributed by atoms with van der Waals surface area (Å²) in [6.07, 6.45) is -0.470.